The van der Waals surface area contributed by atoms with Crippen LogP contribution in [0.3, 0.4) is 0 Å². The number of ether oxygens (including phenoxy) is 1. The van der Waals surface area contributed by atoms with Gasteiger partial charge in [0.25, 0.3) is 15.7 Å². The third-order valence-corrected chi connectivity index (χ3v) is 8.14. The van der Waals surface area contributed by atoms with Crippen LogP contribution < -0.4 is 14.4 Å². The minimum Gasteiger partial charge on any atom is -0.497 e. The number of thioether (sulfide) groups is 1. The van der Waals surface area contributed by atoms with E-state index in [0.29, 0.717) is 24.3 Å². The number of benzene rings is 3. The molecule has 3 rings (SSSR count). The number of nitrogens with one attached hydrogen (secondary N) is 1. The van der Waals surface area contributed by atoms with Crippen molar-refractivity contribution >= 4 is 39.1 Å². The van der Waals surface area contributed by atoms with Gasteiger partial charge >= 0.3 is 0 Å². The number of carbonyl (C=O) groups is 1. The summed E-state index contributed by atoms with van der Waals surface area (Å²) in [5.74, 6) is 0.820. The molecule has 190 valence electrons. The molecule has 0 heterocycles. The maximum Gasteiger partial charge on any atom is 0.273 e. The first-order chi connectivity index (χ1) is 17.2. The van der Waals surface area contributed by atoms with E-state index in [1.807, 2.05) is 30.3 Å². The Balaban J connectivity index is 1.75. The molecule has 36 heavy (non-hydrogen) atoms. The van der Waals surface area contributed by atoms with E-state index in [2.05, 4.69) is 5.32 Å². The molecular weight excluding hydrogens is 502 g/mol. The largest absolute Gasteiger partial charge is 0.497 e. The van der Waals surface area contributed by atoms with E-state index >= 15 is 0 Å². The van der Waals surface area contributed by atoms with Crippen LogP contribution in [0, 0.1) is 17.0 Å². The first-order valence-corrected chi connectivity index (χ1v) is 13.5. The van der Waals surface area contributed by atoms with Crippen molar-refractivity contribution in [2.75, 3.05) is 30.3 Å². The summed E-state index contributed by atoms with van der Waals surface area (Å²) < 4.78 is 33.1. The van der Waals surface area contributed by atoms with Crippen LogP contribution in [0.1, 0.15) is 12.0 Å². The van der Waals surface area contributed by atoms with Gasteiger partial charge in [-0.1, -0.05) is 24.3 Å². The maximum atomic E-state index is 13.5. The third-order valence-electron chi connectivity index (χ3n) is 5.27. The lowest BCUT2D eigenvalue weighted by Crippen LogP contribution is -2.41. The van der Waals surface area contributed by atoms with Gasteiger partial charge in [-0.05, 0) is 61.6 Å². The van der Waals surface area contributed by atoms with Crippen LogP contribution in [0.5, 0.6) is 5.75 Å². The summed E-state index contributed by atoms with van der Waals surface area (Å²) >= 11 is 1.67. The number of aryl methyl sites for hydroxylation is 1. The average molecular weight is 530 g/mol. The molecule has 9 nitrogen and oxygen atoms in total. The molecule has 0 aliphatic carbocycles. The minimum atomic E-state index is -4.29. The molecule has 0 fully saturated rings. The van der Waals surface area contributed by atoms with Gasteiger partial charge in [0.05, 0.1) is 22.6 Å². The second-order valence-electron chi connectivity index (χ2n) is 7.78. The summed E-state index contributed by atoms with van der Waals surface area (Å²) in [6, 6.07) is 19.8. The third kappa shape index (κ3) is 6.98. The maximum absolute atomic E-state index is 13.5. The smallest absolute Gasteiger partial charge is 0.273 e. The molecule has 0 saturated heterocycles. The van der Waals surface area contributed by atoms with Crippen LogP contribution >= 0.6 is 11.8 Å². The molecule has 11 heteroatoms. The van der Waals surface area contributed by atoms with Crippen LogP contribution in [-0.2, 0) is 14.8 Å². The molecule has 1 N–H and O–H groups in total. The van der Waals surface area contributed by atoms with Crippen molar-refractivity contribution in [1.82, 2.24) is 5.32 Å². The highest BCUT2D eigenvalue weighted by Gasteiger charge is 2.29. The minimum absolute atomic E-state index is 0.230. The van der Waals surface area contributed by atoms with Gasteiger partial charge in [-0.15, -0.1) is 11.8 Å². The molecular formula is C25H27N3O6S2. The van der Waals surface area contributed by atoms with E-state index in [1.54, 1.807) is 23.9 Å². The van der Waals surface area contributed by atoms with E-state index in [1.165, 1.54) is 38.3 Å². The Bertz CT molecular complexity index is 1300. The molecule has 0 bridgehead atoms. The highest BCUT2D eigenvalue weighted by molar-refractivity contribution is 7.99. The quantitative estimate of drug-likeness (QED) is 0.160. The number of sulfonamides is 1. The number of rotatable bonds is 12. The molecule has 1 amide bonds. The van der Waals surface area contributed by atoms with Gasteiger partial charge in [-0.2, -0.15) is 0 Å². The lowest BCUT2D eigenvalue weighted by Gasteiger charge is -2.24. The summed E-state index contributed by atoms with van der Waals surface area (Å²) in [5, 5.41) is 14.1. The second kappa shape index (κ2) is 12.4. The topological polar surface area (TPSA) is 119 Å². The number of hydrogen-bond acceptors (Lipinski definition) is 7. The van der Waals surface area contributed by atoms with Crippen molar-refractivity contribution in [2.24, 2.45) is 0 Å². The van der Waals surface area contributed by atoms with Crippen molar-refractivity contribution in [2.45, 2.75) is 23.1 Å². The lowest BCUT2D eigenvalue weighted by atomic mass is 10.2. The fourth-order valence-electron chi connectivity index (χ4n) is 3.33. The number of nitro benzene ring substituents is 1. The van der Waals surface area contributed by atoms with Crippen molar-refractivity contribution in [1.29, 1.82) is 0 Å². The number of methoxy groups -OCH3 is 1. The predicted octanol–water partition coefficient (Wildman–Crippen LogP) is 4.41. The molecule has 0 aliphatic heterocycles. The zero-order valence-corrected chi connectivity index (χ0v) is 21.6. The molecule has 0 unspecified atom stereocenters. The number of carbonyl (C=O) groups excluding carboxylic acids is 1. The summed E-state index contributed by atoms with van der Waals surface area (Å²) in [5.41, 5.74) is 0.251. The van der Waals surface area contributed by atoms with E-state index in [-0.39, 0.29) is 16.3 Å². The molecule has 3 aromatic carbocycles. The van der Waals surface area contributed by atoms with E-state index in [4.69, 9.17) is 4.74 Å². The molecule has 3 aromatic rings. The van der Waals surface area contributed by atoms with Crippen molar-refractivity contribution in [3.05, 3.63) is 88.5 Å². The molecule has 0 radical (unpaired) electrons. The number of hydrogen-bond donors (Lipinski definition) is 1. The second-order valence-corrected chi connectivity index (χ2v) is 10.8. The molecule has 0 atom stereocenters. The number of amides is 1. The van der Waals surface area contributed by atoms with E-state index < -0.39 is 27.4 Å². The van der Waals surface area contributed by atoms with Crippen molar-refractivity contribution in [3.63, 3.8) is 0 Å². The molecule has 0 saturated carbocycles. The van der Waals surface area contributed by atoms with Crippen LogP contribution in [0.2, 0.25) is 0 Å². The van der Waals surface area contributed by atoms with Gasteiger partial charge in [0.2, 0.25) is 5.91 Å². The Morgan fingerprint density at radius 1 is 1.08 bits per heavy atom. The number of anilines is 1. The summed E-state index contributed by atoms with van der Waals surface area (Å²) in [6.07, 6.45) is 0.699. The van der Waals surface area contributed by atoms with Crippen LogP contribution in [0.25, 0.3) is 0 Å². The summed E-state index contributed by atoms with van der Waals surface area (Å²) in [7, 11) is -2.81. The highest BCUT2D eigenvalue weighted by atomic mass is 32.2. The van der Waals surface area contributed by atoms with E-state index in [9.17, 15) is 23.3 Å². The van der Waals surface area contributed by atoms with Crippen LogP contribution in [-0.4, -0.2) is 45.2 Å². The Labute approximate surface area is 214 Å². The van der Waals surface area contributed by atoms with E-state index in [0.717, 1.165) is 21.0 Å². The standard InChI is InChI=1S/C25H27N3O6S2/c1-19-9-14-23(17-24(19)28(30)31)36(32,33)27(20-10-12-21(34-2)13-11-20)18-25(29)26-15-6-16-35-22-7-4-3-5-8-22/h3-5,7-14,17H,6,15-16,18H2,1-2H3,(H,26,29). The van der Waals surface area contributed by atoms with Crippen molar-refractivity contribution < 1.29 is 22.9 Å². The molecule has 0 spiro atoms. The molecule has 0 aliphatic rings. The van der Waals surface area contributed by atoms with Gasteiger partial charge in [0.15, 0.2) is 0 Å². The fraction of sp³-hybridized carbons (Fsp3) is 0.240. The van der Waals surface area contributed by atoms with Gasteiger partial charge in [-0.25, -0.2) is 8.42 Å². The zero-order chi connectivity index (χ0) is 26.1. The Morgan fingerprint density at radius 3 is 2.42 bits per heavy atom. The van der Waals surface area contributed by atoms with Gasteiger partial charge in [0, 0.05) is 23.1 Å². The highest BCUT2D eigenvalue weighted by Crippen LogP contribution is 2.29. The van der Waals surface area contributed by atoms with Crippen molar-refractivity contribution in [3.8, 4) is 5.75 Å². The predicted molar refractivity (Wildman–Crippen MR) is 140 cm³/mol. The van der Waals surface area contributed by atoms with Gasteiger partial charge in [0.1, 0.15) is 12.3 Å². The normalized spacial score (nSPS) is 11.1. The van der Waals surface area contributed by atoms with Gasteiger partial charge < -0.3 is 10.1 Å². The molecule has 0 aromatic heterocycles. The zero-order valence-electron chi connectivity index (χ0n) is 19.9. The number of nitrogens with zero attached hydrogens (tertiary/aromatic N) is 2. The van der Waals surface area contributed by atoms with Crippen LogP contribution in [0.15, 0.2) is 82.6 Å². The van der Waals surface area contributed by atoms with Gasteiger partial charge in [-0.3, -0.25) is 19.2 Å². The first kappa shape index (κ1) is 27.0. The SMILES string of the molecule is COc1ccc(N(CC(=O)NCCCSc2ccccc2)S(=O)(=O)c2ccc(C)c([N+](=O)[O-])c2)cc1. The fourth-order valence-corrected chi connectivity index (χ4v) is 5.65. The summed E-state index contributed by atoms with van der Waals surface area (Å²) in [4.78, 5) is 24.3. The monoisotopic (exact) mass is 529 g/mol. The summed E-state index contributed by atoms with van der Waals surface area (Å²) in [6.45, 7) is 1.42. The lowest BCUT2D eigenvalue weighted by molar-refractivity contribution is -0.385. The Morgan fingerprint density at radius 2 is 1.78 bits per heavy atom. The Kier molecular flexibility index (Phi) is 9.31. The average Bonchev–Trinajstić information content (AvgIpc) is 2.87. The Hall–Kier alpha value is -3.57. The first-order valence-electron chi connectivity index (χ1n) is 11.1. The number of nitro groups is 1. The van der Waals surface area contributed by atoms with Crippen LogP contribution in [0.4, 0.5) is 11.4 Å².